The summed E-state index contributed by atoms with van der Waals surface area (Å²) in [7, 11) is 0. The molecule has 6 heteroatoms. The molecule has 2 N–H and O–H groups in total. The Labute approximate surface area is 133 Å². The first-order valence-corrected chi connectivity index (χ1v) is 8.41. The van der Waals surface area contributed by atoms with Crippen molar-refractivity contribution in [2.45, 2.75) is 45.6 Å². The normalized spacial score (nSPS) is 27.5. The van der Waals surface area contributed by atoms with E-state index in [1.807, 2.05) is 13.8 Å². The highest BCUT2D eigenvalue weighted by Gasteiger charge is 2.20. The Hall–Kier alpha value is -1.27. The molecule has 1 aromatic rings. The van der Waals surface area contributed by atoms with Gasteiger partial charge in [0.25, 0.3) is 5.91 Å². The number of hydrogen-bond acceptors (Lipinski definition) is 4. The van der Waals surface area contributed by atoms with Gasteiger partial charge in [-0.05, 0) is 38.7 Å². The van der Waals surface area contributed by atoms with Gasteiger partial charge >= 0.3 is 4.87 Å². The monoisotopic (exact) mass is 324 g/mol. The average Bonchev–Trinajstić information content (AvgIpc) is 2.83. The predicted octanol–water partition coefficient (Wildman–Crippen LogP) is 3.10. The predicted molar refractivity (Wildman–Crippen MR) is 90.7 cm³/mol. The van der Waals surface area contributed by atoms with Gasteiger partial charge in [0.2, 0.25) is 0 Å². The first kappa shape index (κ1) is 16.1. The molecule has 1 aromatic heterocycles. The molecular weight excluding hydrogens is 304 g/mol. The summed E-state index contributed by atoms with van der Waals surface area (Å²) in [6.07, 6.45) is 6.22. The SMILES string of the molecule is CC1=C\CCCCC(C)NC(=O)/C(c2csc(=O)[nH]2)=C\1S. The van der Waals surface area contributed by atoms with Gasteiger partial charge in [-0.2, -0.15) is 0 Å². The fourth-order valence-electron chi connectivity index (χ4n) is 2.34. The molecule has 0 fully saturated rings. The van der Waals surface area contributed by atoms with Crippen LogP contribution < -0.4 is 10.2 Å². The highest BCUT2D eigenvalue weighted by molar-refractivity contribution is 7.85. The number of thiol groups is 1. The van der Waals surface area contributed by atoms with E-state index < -0.39 is 0 Å². The second-order valence-corrected chi connectivity index (χ2v) is 6.62. The van der Waals surface area contributed by atoms with Crippen LogP contribution in [0.5, 0.6) is 0 Å². The number of aromatic amines is 1. The Morgan fingerprint density at radius 2 is 2.10 bits per heavy atom. The maximum atomic E-state index is 12.6. The van der Waals surface area contributed by atoms with Crippen LogP contribution in [0.3, 0.4) is 0 Å². The fourth-order valence-corrected chi connectivity index (χ4v) is 3.22. The van der Waals surface area contributed by atoms with E-state index in [0.29, 0.717) is 16.2 Å². The van der Waals surface area contributed by atoms with Crippen LogP contribution in [-0.4, -0.2) is 16.9 Å². The Balaban J connectivity index is 2.49. The van der Waals surface area contributed by atoms with Gasteiger partial charge in [-0.1, -0.05) is 23.8 Å². The standard InChI is InChI=1S/C15H20N2O2S2/c1-9-6-4-3-5-7-10(2)16-14(18)12(13(9)20)11-8-21-15(19)17-11/h6,8,10,20H,3-5,7H2,1-2H3,(H,16,18)(H,17,19)/b9-6+,13-12+. The molecule has 0 saturated carbocycles. The summed E-state index contributed by atoms with van der Waals surface area (Å²) in [6.45, 7) is 3.95. The van der Waals surface area contributed by atoms with E-state index in [2.05, 4.69) is 29.0 Å². The van der Waals surface area contributed by atoms with Crippen LogP contribution in [0, 0.1) is 0 Å². The Morgan fingerprint density at radius 1 is 1.33 bits per heavy atom. The van der Waals surface area contributed by atoms with Crippen molar-refractivity contribution in [1.82, 2.24) is 10.3 Å². The summed E-state index contributed by atoms with van der Waals surface area (Å²) in [5.74, 6) is -0.184. The minimum absolute atomic E-state index is 0.109. The van der Waals surface area contributed by atoms with Gasteiger partial charge in [0.1, 0.15) is 0 Å². The van der Waals surface area contributed by atoms with Gasteiger partial charge < -0.3 is 10.3 Å². The van der Waals surface area contributed by atoms with E-state index in [0.717, 1.165) is 42.6 Å². The first-order chi connectivity index (χ1) is 9.99. The summed E-state index contributed by atoms with van der Waals surface area (Å²) in [5, 5.41) is 4.67. The second kappa shape index (κ2) is 7.13. The van der Waals surface area contributed by atoms with Crippen molar-refractivity contribution in [3.8, 4) is 0 Å². The average molecular weight is 324 g/mol. The van der Waals surface area contributed by atoms with E-state index in [9.17, 15) is 9.59 Å². The van der Waals surface area contributed by atoms with E-state index >= 15 is 0 Å². The Morgan fingerprint density at radius 3 is 2.76 bits per heavy atom. The summed E-state index contributed by atoms with van der Waals surface area (Å²) >= 11 is 5.58. The molecule has 21 heavy (non-hydrogen) atoms. The molecule has 0 saturated heterocycles. The topological polar surface area (TPSA) is 62.0 Å². The third-order valence-electron chi connectivity index (χ3n) is 3.55. The number of carbonyl (C=O) groups excluding carboxylic acids is 1. The highest BCUT2D eigenvalue weighted by Crippen LogP contribution is 2.27. The quantitative estimate of drug-likeness (QED) is 0.695. The van der Waals surface area contributed by atoms with E-state index in [-0.39, 0.29) is 16.8 Å². The number of thiazole rings is 1. The van der Waals surface area contributed by atoms with Gasteiger partial charge in [0, 0.05) is 16.3 Å². The molecule has 1 aliphatic rings. The van der Waals surface area contributed by atoms with Crippen LogP contribution in [-0.2, 0) is 4.79 Å². The Bertz CT molecular complexity index is 640. The van der Waals surface area contributed by atoms with Gasteiger partial charge in [-0.25, -0.2) is 0 Å². The number of allylic oxidation sites excluding steroid dienone is 2. The summed E-state index contributed by atoms with van der Waals surface area (Å²) in [6, 6.07) is 0.109. The number of H-pyrrole nitrogens is 1. The van der Waals surface area contributed by atoms with Crippen molar-refractivity contribution in [2.75, 3.05) is 0 Å². The molecule has 2 rings (SSSR count). The van der Waals surface area contributed by atoms with E-state index in [1.165, 1.54) is 0 Å². The number of aromatic nitrogens is 1. The zero-order chi connectivity index (χ0) is 15.4. The number of nitrogens with one attached hydrogen (secondary N) is 2. The molecule has 0 spiro atoms. The van der Waals surface area contributed by atoms with Crippen molar-refractivity contribution in [2.24, 2.45) is 0 Å². The van der Waals surface area contributed by atoms with Gasteiger partial charge in [0.15, 0.2) is 0 Å². The van der Waals surface area contributed by atoms with Gasteiger partial charge in [-0.15, -0.1) is 12.6 Å². The number of carbonyl (C=O) groups is 1. The number of amides is 1. The van der Waals surface area contributed by atoms with Crippen LogP contribution >= 0.6 is 24.0 Å². The summed E-state index contributed by atoms with van der Waals surface area (Å²) < 4.78 is 0. The molecule has 1 aliphatic heterocycles. The zero-order valence-electron chi connectivity index (χ0n) is 12.2. The minimum Gasteiger partial charge on any atom is -0.349 e. The lowest BCUT2D eigenvalue weighted by molar-refractivity contribution is -0.116. The summed E-state index contributed by atoms with van der Waals surface area (Å²) in [5.41, 5.74) is 1.94. The maximum absolute atomic E-state index is 12.6. The molecule has 4 nitrogen and oxygen atoms in total. The fraction of sp³-hybridized carbons (Fsp3) is 0.467. The van der Waals surface area contributed by atoms with Crippen molar-refractivity contribution in [1.29, 1.82) is 0 Å². The van der Waals surface area contributed by atoms with Crippen LogP contribution in [0.2, 0.25) is 0 Å². The lowest BCUT2D eigenvalue weighted by atomic mass is 10.1. The number of rotatable bonds is 1. The molecule has 0 aromatic carbocycles. The highest BCUT2D eigenvalue weighted by atomic mass is 32.1. The Kier molecular flexibility index (Phi) is 5.47. The van der Waals surface area contributed by atoms with Crippen LogP contribution in [0.1, 0.15) is 45.2 Å². The molecule has 0 bridgehead atoms. The van der Waals surface area contributed by atoms with E-state index in [1.54, 1.807) is 5.38 Å². The number of hydrogen-bond donors (Lipinski definition) is 3. The smallest absolute Gasteiger partial charge is 0.304 e. The lowest BCUT2D eigenvalue weighted by Gasteiger charge is -2.15. The molecule has 2 heterocycles. The molecule has 1 amide bonds. The third kappa shape index (κ3) is 4.11. The molecular formula is C15H20N2O2S2. The molecule has 0 aliphatic carbocycles. The lowest BCUT2D eigenvalue weighted by Crippen LogP contribution is -2.33. The van der Waals surface area contributed by atoms with E-state index in [4.69, 9.17) is 0 Å². The molecule has 1 unspecified atom stereocenters. The van der Waals surface area contributed by atoms with Gasteiger partial charge in [-0.3, -0.25) is 9.59 Å². The van der Waals surface area contributed by atoms with Crippen LogP contribution in [0.15, 0.2) is 26.7 Å². The minimum atomic E-state index is -0.184. The first-order valence-electron chi connectivity index (χ1n) is 7.08. The second-order valence-electron chi connectivity index (χ2n) is 5.33. The van der Waals surface area contributed by atoms with Crippen LogP contribution in [0.25, 0.3) is 5.57 Å². The van der Waals surface area contributed by atoms with Crippen molar-refractivity contribution < 1.29 is 4.79 Å². The zero-order valence-corrected chi connectivity index (χ0v) is 13.9. The van der Waals surface area contributed by atoms with Crippen LogP contribution in [0.4, 0.5) is 0 Å². The molecule has 0 radical (unpaired) electrons. The largest absolute Gasteiger partial charge is 0.349 e. The van der Waals surface area contributed by atoms with Gasteiger partial charge in [0.05, 0.1) is 11.3 Å². The third-order valence-corrected chi connectivity index (χ3v) is 4.79. The van der Waals surface area contributed by atoms with Crippen molar-refractivity contribution >= 4 is 35.4 Å². The van der Waals surface area contributed by atoms with Crippen molar-refractivity contribution in [3.63, 3.8) is 0 Å². The maximum Gasteiger partial charge on any atom is 0.304 e. The van der Waals surface area contributed by atoms with Crippen molar-refractivity contribution in [3.05, 3.63) is 37.3 Å². The molecule has 1 atom stereocenters. The molecule has 114 valence electrons. The summed E-state index contributed by atoms with van der Waals surface area (Å²) in [4.78, 5) is 27.1.